The van der Waals surface area contributed by atoms with Gasteiger partial charge < -0.3 is 0 Å². The molecule has 7 atom stereocenters. The largest absolute Gasteiger partial charge is 0.381 e. The van der Waals surface area contributed by atoms with Crippen molar-refractivity contribution in [3.8, 4) is 0 Å². The van der Waals surface area contributed by atoms with E-state index in [1.54, 1.807) is 0 Å². The second-order valence-corrected chi connectivity index (χ2v) is 7.13. The van der Waals surface area contributed by atoms with Gasteiger partial charge in [-0.2, -0.15) is 35.1 Å². The van der Waals surface area contributed by atoms with Crippen molar-refractivity contribution >= 4 is 0 Å². The number of hydrogen-bond acceptors (Lipinski definition) is 0. The van der Waals surface area contributed by atoms with Crippen LogP contribution in [0.3, 0.4) is 0 Å². The molecule has 0 aliphatic carbocycles. The predicted molar refractivity (Wildman–Crippen MR) is 85.5 cm³/mol. The summed E-state index contributed by atoms with van der Waals surface area (Å²) in [7, 11) is 0. The van der Waals surface area contributed by atoms with Crippen molar-refractivity contribution in [1.82, 2.24) is 0 Å². The summed E-state index contributed by atoms with van der Waals surface area (Å²) in [4.78, 5) is 0. The normalized spacial score (nSPS) is 20.2. The van der Waals surface area contributed by atoms with E-state index in [-0.39, 0.29) is 0 Å². The predicted octanol–water partition coefficient (Wildman–Crippen LogP) is 7.53. The lowest BCUT2D eigenvalue weighted by atomic mass is 9.88. The van der Waals surface area contributed by atoms with Gasteiger partial charge in [0.15, 0.2) is 37.0 Å². The SMILES string of the molecule is FC(F)C(F)C(F)C(F)C(F)C(F)C(F)C(F)(F)C(F)(F)C(F)(F)C(F)(F)C(F)c1ccccc1. The second kappa shape index (κ2) is 10.6. The van der Waals surface area contributed by atoms with Gasteiger partial charge >= 0.3 is 23.7 Å². The molecule has 0 aliphatic heterocycles. The van der Waals surface area contributed by atoms with Crippen LogP contribution in [-0.2, 0) is 0 Å². The summed E-state index contributed by atoms with van der Waals surface area (Å²) >= 11 is 0. The highest BCUT2D eigenvalue weighted by Gasteiger charge is 2.84. The molecular weight excluding hydrogens is 539 g/mol. The van der Waals surface area contributed by atoms with Crippen molar-refractivity contribution in [3.63, 3.8) is 0 Å². The van der Waals surface area contributed by atoms with Crippen LogP contribution >= 0.6 is 0 Å². The molecule has 0 aromatic heterocycles. The van der Waals surface area contributed by atoms with Crippen LogP contribution in [0, 0.1) is 0 Å². The summed E-state index contributed by atoms with van der Waals surface area (Å²) in [6, 6.07) is 3.21. The topological polar surface area (TPSA) is 0 Å². The van der Waals surface area contributed by atoms with Gasteiger partial charge in [0.2, 0.25) is 6.17 Å². The van der Waals surface area contributed by atoms with Gasteiger partial charge in [0.05, 0.1) is 0 Å². The first-order valence-electron chi connectivity index (χ1n) is 9.00. The fourth-order valence-corrected chi connectivity index (χ4v) is 2.61. The molecule has 0 bridgehead atoms. The van der Waals surface area contributed by atoms with Crippen LogP contribution in [0.25, 0.3) is 0 Å². The fourth-order valence-electron chi connectivity index (χ4n) is 2.61. The molecule has 0 saturated carbocycles. The third-order valence-corrected chi connectivity index (χ3v) is 4.73. The summed E-state index contributed by atoms with van der Waals surface area (Å²) in [5, 5.41) is 0. The smallest absolute Gasteiger partial charge is 0.241 e. The van der Waals surface area contributed by atoms with Crippen LogP contribution in [-0.4, -0.2) is 67.1 Å². The highest BCUT2D eigenvalue weighted by molar-refractivity contribution is 5.22. The molecule has 0 spiro atoms. The van der Waals surface area contributed by atoms with E-state index in [0.717, 1.165) is 18.2 Å². The van der Waals surface area contributed by atoms with Crippen LogP contribution in [0.1, 0.15) is 11.7 Å². The molecule has 35 heavy (non-hydrogen) atoms. The van der Waals surface area contributed by atoms with Crippen molar-refractivity contribution in [2.24, 2.45) is 0 Å². The summed E-state index contributed by atoms with van der Waals surface area (Å²) in [6.07, 6.45) is -37.5. The van der Waals surface area contributed by atoms with E-state index in [1.807, 2.05) is 0 Å². The Morgan fingerprint density at radius 2 is 0.829 bits per heavy atom. The Morgan fingerprint density at radius 3 is 1.26 bits per heavy atom. The minimum absolute atomic E-state index is 0.348. The fraction of sp³-hybridized carbons (Fsp3) is 0.667. The molecule has 0 N–H and O–H groups in total. The number of rotatable bonds is 12. The van der Waals surface area contributed by atoms with E-state index in [1.165, 1.54) is 0 Å². The molecular formula is C18H13F17. The number of halogens is 17. The zero-order valence-electron chi connectivity index (χ0n) is 16.4. The second-order valence-electron chi connectivity index (χ2n) is 7.13. The van der Waals surface area contributed by atoms with E-state index in [4.69, 9.17) is 0 Å². The Labute approximate surface area is 185 Å². The first kappa shape index (κ1) is 31.1. The minimum atomic E-state index is -7.71. The standard InChI is InChI=1S/C18H13F17/c19-7(9(21)11(23)14(26)27)8(20)10(22)13(25)16(30,31)18(34,35)17(32,33)15(28,29)12(24)6-4-2-1-3-5-6/h1-5,7-14H. The van der Waals surface area contributed by atoms with Gasteiger partial charge in [-0.1, -0.05) is 30.3 Å². The Bertz CT molecular complexity index is 797. The lowest BCUT2D eigenvalue weighted by molar-refractivity contribution is -0.387. The van der Waals surface area contributed by atoms with Gasteiger partial charge in [-0.3, -0.25) is 0 Å². The van der Waals surface area contributed by atoms with E-state index >= 15 is 0 Å². The maximum Gasteiger partial charge on any atom is 0.381 e. The van der Waals surface area contributed by atoms with Gasteiger partial charge in [-0.25, -0.2) is 39.5 Å². The highest BCUT2D eigenvalue weighted by atomic mass is 19.4. The summed E-state index contributed by atoms with van der Waals surface area (Å²) in [6.45, 7) is 0. The third kappa shape index (κ3) is 5.42. The van der Waals surface area contributed by atoms with Gasteiger partial charge in [0, 0.05) is 0 Å². The van der Waals surface area contributed by atoms with Gasteiger partial charge in [-0.15, -0.1) is 0 Å². The summed E-state index contributed by atoms with van der Waals surface area (Å²) < 4.78 is 228. The molecule has 0 radical (unpaired) electrons. The molecule has 0 amide bonds. The summed E-state index contributed by atoms with van der Waals surface area (Å²) in [5.74, 6) is -29.3. The Hall–Kier alpha value is -1.97. The molecule has 0 aliphatic rings. The maximum absolute atomic E-state index is 13.9. The van der Waals surface area contributed by atoms with E-state index in [9.17, 15) is 74.6 Å². The zero-order chi connectivity index (χ0) is 27.7. The van der Waals surface area contributed by atoms with E-state index in [2.05, 4.69) is 0 Å². The summed E-state index contributed by atoms with van der Waals surface area (Å²) in [5.41, 5.74) is -1.44. The molecule has 0 heterocycles. The van der Waals surface area contributed by atoms with Crippen molar-refractivity contribution in [2.45, 2.75) is 73.3 Å². The minimum Gasteiger partial charge on any atom is -0.241 e. The molecule has 1 rings (SSSR count). The average molecular weight is 552 g/mol. The lowest BCUT2D eigenvalue weighted by Gasteiger charge is -2.39. The molecule has 17 heteroatoms. The van der Waals surface area contributed by atoms with Crippen LogP contribution in [0.15, 0.2) is 30.3 Å². The quantitative estimate of drug-likeness (QED) is 0.235. The zero-order valence-corrected chi connectivity index (χ0v) is 16.4. The van der Waals surface area contributed by atoms with Crippen molar-refractivity contribution in [1.29, 1.82) is 0 Å². The van der Waals surface area contributed by atoms with Crippen molar-refractivity contribution in [2.75, 3.05) is 0 Å². The van der Waals surface area contributed by atoms with Crippen LogP contribution in [0.4, 0.5) is 74.6 Å². The van der Waals surface area contributed by atoms with Crippen molar-refractivity contribution < 1.29 is 74.6 Å². The van der Waals surface area contributed by atoms with Crippen LogP contribution < -0.4 is 0 Å². The van der Waals surface area contributed by atoms with Crippen LogP contribution in [0.2, 0.25) is 0 Å². The Morgan fingerprint density at radius 1 is 0.457 bits per heavy atom. The maximum atomic E-state index is 13.9. The number of alkyl halides is 17. The molecule has 0 fully saturated rings. The van der Waals surface area contributed by atoms with Crippen molar-refractivity contribution in [3.05, 3.63) is 35.9 Å². The first-order chi connectivity index (χ1) is 15.7. The Kier molecular flexibility index (Phi) is 9.38. The lowest BCUT2D eigenvalue weighted by Crippen LogP contribution is -2.67. The Balaban J connectivity index is 3.29. The van der Waals surface area contributed by atoms with Gasteiger partial charge in [0.1, 0.15) is 0 Å². The monoisotopic (exact) mass is 552 g/mol. The molecule has 1 aromatic rings. The van der Waals surface area contributed by atoms with E-state index in [0.29, 0.717) is 12.1 Å². The molecule has 0 nitrogen and oxygen atoms in total. The highest BCUT2D eigenvalue weighted by Crippen LogP contribution is 2.58. The molecule has 1 aromatic carbocycles. The molecule has 7 unspecified atom stereocenters. The number of benzene rings is 1. The average Bonchev–Trinajstić information content (AvgIpc) is 2.80. The number of hydrogen-bond donors (Lipinski definition) is 0. The van der Waals surface area contributed by atoms with Gasteiger partial charge in [0.25, 0.3) is 6.43 Å². The first-order valence-corrected chi connectivity index (χ1v) is 9.00. The molecule has 0 saturated heterocycles. The van der Waals surface area contributed by atoms with Crippen LogP contribution in [0.5, 0.6) is 0 Å². The third-order valence-electron chi connectivity index (χ3n) is 4.73. The van der Waals surface area contributed by atoms with Gasteiger partial charge in [-0.05, 0) is 5.56 Å². The molecule has 204 valence electrons. The van der Waals surface area contributed by atoms with E-state index < -0.39 is 78.9 Å².